The van der Waals surface area contributed by atoms with Crippen LogP contribution in [0.15, 0.2) is 71.5 Å². The van der Waals surface area contributed by atoms with E-state index in [2.05, 4.69) is 42.0 Å². The highest BCUT2D eigenvalue weighted by Crippen LogP contribution is 2.27. The molecule has 4 N–H and O–H groups in total. The number of hydrogen-bond donors (Lipinski definition) is 4. The Morgan fingerprint density at radius 1 is 0.977 bits per heavy atom. The summed E-state index contributed by atoms with van der Waals surface area (Å²) in [5, 5.41) is 21.3. The first-order valence-corrected chi connectivity index (χ1v) is 14.8. The van der Waals surface area contributed by atoms with E-state index >= 15 is 0 Å². The zero-order chi connectivity index (χ0) is 32.2. The summed E-state index contributed by atoms with van der Waals surface area (Å²) in [5.41, 5.74) is 2.58. The molecular formula is C30H29BrCl2N6O5. The second kappa shape index (κ2) is 16.6. The molecule has 0 aliphatic rings. The molecule has 0 atom stereocenters. The highest BCUT2D eigenvalue weighted by atomic mass is 79.9. The summed E-state index contributed by atoms with van der Waals surface area (Å²) in [6.45, 7) is 2.29. The third-order valence-corrected chi connectivity index (χ3v) is 6.91. The molecule has 0 aliphatic carbocycles. The van der Waals surface area contributed by atoms with Crippen LogP contribution in [0.1, 0.15) is 44.8 Å². The standard InChI is InChI=1S/C18H14BrCl2N5O2.C12H15NO3/c1-9-6-10(20)7-11(17(27)22-2)15(9)24-18(28)13-8-14(19)25-26(13)16-12(21)4-3-5-23-16;14-11(6-7-12(15)16)13-9-8-10-4-2-1-3-5-10/h3-8H,1-2H3,(H,22,27)(H,24,28);1-5H,6-9H2,(H,13,14)(H,15,16). The summed E-state index contributed by atoms with van der Waals surface area (Å²) < 4.78 is 1.76. The van der Waals surface area contributed by atoms with Gasteiger partial charge in [-0.25, -0.2) is 9.67 Å². The molecule has 0 unspecified atom stereocenters. The molecular weight excluding hydrogens is 675 g/mol. The summed E-state index contributed by atoms with van der Waals surface area (Å²) in [4.78, 5) is 50.8. The Bertz CT molecular complexity index is 1650. The van der Waals surface area contributed by atoms with Crippen molar-refractivity contribution in [1.29, 1.82) is 0 Å². The van der Waals surface area contributed by atoms with E-state index in [1.165, 1.54) is 23.9 Å². The molecule has 44 heavy (non-hydrogen) atoms. The molecule has 0 radical (unpaired) electrons. The van der Waals surface area contributed by atoms with Crippen LogP contribution in [0.25, 0.3) is 5.82 Å². The molecule has 11 nitrogen and oxygen atoms in total. The summed E-state index contributed by atoms with van der Waals surface area (Å²) in [5.74, 6) is -1.71. The molecule has 0 saturated heterocycles. The van der Waals surface area contributed by atoms with Crippen molar-refractivity contribution in [1.82, 2.24) is 25.4 Å². The number of rotatable bonds is 10. The van der Waals surface area contributed by atoms with Crippen LogP contribution < -0.4 is 16.0 Å². The number of aliphatic carboxylic acids is 1. The van der Waals surface area contributed by atoms with Gasteiger partial charge in [-0.1, -0.05) is 53.5 Å². The lowest BCUT2D eigenvalue weighted by atomic mass is 10.1. The predicted molar refractivity (Wildman–Crippen MR) is 172 cm³/mol. The molecule has 14 heteroatoms. The van der Waals surface area contributed by atoms with Gasteiger partial charge in [0.1, 0.15) is 10.3 Å². The fourth-order valence-corrected chi connectivity index (χ4v) is 4.76. The van der Waals surface area contributed by atoms with Crippen LogP contribution in [0.2, 0.25) is 10.0 Å². The van der Waals surface area contributed by atoms with Crippen molar-refractivity contribution in [2.45, 2.75) is 26.2 Å². The molecule has 2 aromatic heterocycles. The Morgan fingerprint density at radius 3 is 2.36 bits per heavy atom. The number of carbonyl (C=O) groups is 4. The smallest absolute Gasteiger partial charge is 0.303 e. The van der Waals surface area contributed by atoms with Gasteiger partial charge in [0, 0.05) is 37.3 Å². The van der Waals surface area contributed by atoms with Gasteiger partial charge in [0.25, 0.3) is 11.8 Å². The van der Waals surface area contributed by atoms with Crippen LogP contribution in [0.5, 0.6) is 0 Å². The van der Waals surface area contributed by atoms with E-state index in [4.69, 9.17) is 28.3 Å². The van der Waals surface area contributed by atoms with Gasteiger partial charge < -0.3 is 21.1 Å². The number of nitrogens with zero attached hydrogens (tertiary/aromatic N) is 3. The van der Waals surface area contributed by atoms with Crippen LogP contribution in [-0.4, -0.2) is 57.2 Å². The quantitative estimate of drug-likeness (QED) is 0.171. The largest absolute Gasteiger partial charge is 0.481 e. The molecule has 2 aromatic carbocycles. The maximum Gasteiger partial charge on any atom is 0.303 e. The van der Waals surface area contributed by atoms with E-state index in [0.29, 0.717) is 38.3 Å². The topological polar surface area (TPSA) is 155 Å². The van der Waals surface area contributed by atoms with Crippen LogP contribution in [0.4, 0.5) is 5.69 Å². The van der Waals surface area contributed by atoms with Crippen LogP contribution in [-0.2, 0) is 16.0 Å². The molecule has 4 aromatic rings. The summed E-state index contributed by atoms with van der Waals surface area (Å²) in [6.07, 6.45) is 2.24. The van der Waals surface area contributed by atoms with Gasteiger partial charge in [-0.3, -0.25) is 19.2 Å². The van der Waals surface area contributed by atoms with Crippen molar-refractivity contribution in [3.63, 3.8) is 0 Å². The normalized spacial score (nSPS) is 10.3. The molecule has 2 heterocycles. The number of hydrogen-bond acceptors (Lipinski definition) is 6. The molecule has 4 rings (SSSR count). The number of anilines is 1. The van der Waals surface area contributed by atoms with Gasteiger partial charge in [-0.15, -0.1) is 0 Å². The highest BCUT2D eigenvalue weighted by Gasteiger charge is 2.22. The van der Waals surface area contributed by atoms with E-state index in [9.17, 15) is 19.2 Å². The summed E-state index contributed by atoms with van der Waals surface area (Å²) in [6, 6.07) is 17.8. The van der Waals surface area contributed by atoms with Crippen molar-refractivity contribution in [2.75, 3.05) is 18.9 Å². The first-order valence-electron chi connectivity index (χ1n) is 13.2. The average Bonchev–Trinajstić information content (AvgIpc) is 3.39. The number of carboxylic acid groups (broad SMARTS) is 1. The van der Waals surface area contributed by atoms with Crippen molar-refractivity contribution < 1.29 is 24.3 Å². The van der Waals surface area contributed by atoms with Gasteiger partial charge >= 0.3 is 5.97 Å². The number of aromatic nitrogens is 3. The number of amides is 3. The van der Waals surface area contributed by atoms with Crippen molar-refractivity contribution in [3.8, 4) is 5.82 Å². The first-order chi connectivity index (χ1) is 21.0. The van der Waals surface area contributed by atoms with Gasteiger partial charge in [0.15, 0.2) is 5.82 Å². The fraction of sp³-hybridized carbons (Fsp3) is 0.200. The Hall–Kier alpha value is -4.26. The Kier molecular flexibility index (Phi) is 12.9. The minimum Gasteiger partial charge on any atom is -0.481 e. The van der Waals surface area contributed by atoms with E-state index < -0.39 is 11.9 Å². The number of pyridine rings is 1. The third kappa shape index (κ3) is 9.90. The van der Waals surface area contributed by atoms with Gasteiger partial charge in [0.05, 0.1) is 22.7 Å². The lowest BCUT2D eigenvalue weighted by molar-refractivity contribution is -0.138. The number of benzene rings is 2. The average molecular weight is 704 g/mol. The monoisotopic (exact) mass is 702 g/mol. The number of carboxylic acids is 1. The SMILES string of the molecule is CNC(=O)c1cc(Cl)cc(C)c1NC(=O)c1cc(Br)nn1-c1ncccc1Cl.O=C(O)CCC(=O)NCCc1ccccc1. The third-order valence-electron chi connectivity index (χ3n) is 6.01. The predicted octanol–water partition coefficient (Wildman–Crippen LogP) is 5.47. The highest BCUT2D eigenvalue weighted by molar-refractivity contribution is 9.10. The lowest BCUT2D eigenvalue weighted by Gasteiger charge is -2.14. The van der Waals surface area contributed by atoms with Crippen molar-refractivity contribution in [2.24, 2.45) is 0 Å². The number of halogens is 3. The second-order valence-corrected chi connectivity index (χ2v) is 10.9. The summed E-state index contributed by atoms with van der Waals surface area (Å²) in [7, 11) is 1.50. The van der Waals surface area contributed by atoms with E-state index in [0.717, 1.165) is 12.0 Å². The number of carbonyl (C=O) groups excluding carboxylic acids is 3. The van der Waals surface area contributed by atoms with E-state index in [1.807, 2.05) is 30.3 Å². The maximum absolute atomic E-state index is 13.0. The van der Waals surface area contributed by atoms with Crippen LogP contribution in [0.3, 0.4) is 0 Å². The van der Waals surface area contributed by atoms with Gasteiger partial charge in [0.2, 0.25) is 5.91 Å². The van der Waals surface area contributed by atoms with Crippen molar-refractivity contribution >= 4 is 68.5 Å². The van der Waals surface area contributed by atoms with Gasteiger partial charge in [-0.2, -0.15) is 5.10 Å². The van der Waals surface area contributed by atoms with Crippen LogP contribution >= 0.6 is 39.1 Å². The molecule has 0 aliphatic heterocycles. The Morgan fingerprint density at radius 2 is 1.70 bits per heavy atom. The minimum atomic E-state index is -0.946. The fourth-order valence-electron chi connectivity index (χ4n) is 3.91. The molecule has 0 spiro atoms. The minimum absolute atomic E-state index is 0.0458. The van der Waals surface area contributed by atoms with E-state index in [1.54, 1.807) is 31.3 Å². The molecule has 0 bridgehead atoms. The summed E-state index contributed by atoms with van der Waals surface area (Å²) >= 11 is 15.5. The Labute approximate surface area is 272 Å². The molecule has 0 saturated carbocycles. The lowest BCUT2D eigenvalue weighted by Crippen LogP contribution is -2.25. The molecule has 0 fully saturated rings. The first kappa shape index (κ1) is 34.2. The molecule has 230 valence electrons. The number of nitrogens with one attached hydrogen (secondary N) is 3. The zero-order valence-corrected chi connectivity index (χ0v) is 26.8. The molecule has 3 amide bonds. The van der Waals surface area contributed by atoms with Gasteiger partial charge in [-0.05, 0) is 64.7 Å². The Balaban J connectivity index is 0.000000281. The zero-order valence-electron chi connectivity index (χ0n) is 23.7. The van der Waals surface area contributed by atoms with Crippen molar-refractivity contribution in [3.05, 3.63) is 104 Å². The number of aryl methyl sites for hydroxylation is 1. The second-order valence-electron chi connectivity index (χ2n) is 9.23. The maximum atomic E-state index is 13.0. The van der Waals surface area contributed by atoms with Crippen LogP contribution in [0, 0.1) is 6.92 Å². The van der Waals surface area contributed by atoms with E-state index in [-0.39, 0.29) is 35.9 Å².